The van der Waals surface area contributed by atoms with Crippen molar-refractivity contribution in [3.63, 3.8) is 0 Å². The molecule has 1 aliphatic carbocycles. The minimum atomic E-state index is 0.786. The maximum absolute atomic E-state index is 5.63. The van der Waals surface area contributed by atoms with Crippen molar-refractivity contribution in [2.75, 3.05) is 13.1 Å². The van der Waals surface area contributed by atoms with Crippen LogP contribution >= 0.6 is 0 Å². The molecule has 0 bridgehead atoms. The first-order chi connectivity index (χ1) is 7.15. The highest BCUT2D eigenvalue weighted by Crippen LogP contribution is 2.29. The van der Waals surface area contributed by atoms with Gasteiger partial charge in [-0.25, -0.2) is 0 Å². The lowest BCUT2D eigenvalue weighted by atomic mass is 9.88. The monoisotopic (exact) mass is 212 g/mol. The minimum absolute atomic E-state index is 0.786. The Balaban J connectivity index is 2.00. The van der Waals surface area contributed by atoms with Crippen molar-refractivity contribution in [1.29, 1.82) is 0 Å². The van der Waals surface area contributed by atoms with E-state index in [-0.39, 0.29) is 0 Å². The summed E-state index contributed by atoms with van der Waals surface area (Å²) in [7, 11) is 0. The second-order valence-corrected chi connectivity index (χ2v) is 5.50. The van der Waals surface area contributed by atoms with Gasteiger partial charge in [-0.05, 0) is 56.5 Å². The quantitative estimate of drug-likeness (QED) is 0.606. The molecule has 3 unspecified atom stereocenters. The molecule has 0 aromatic rings. The maximum atomic E-state index is 5.63. The smallest absolute Gasteiger partial charge is 0.00963 e. The van der Waals surface area contributed by atoms with E-state index in [1.54, 1.807) is 0 Å². The Morgan fingerprint density at radius 2 is 2.00 bits per heavy atom. The first-order valence-electron chi connectivity index (χ1n) is 6.58. The third-order valence-electron chi connectivity index (χ3n) is 3.75. The molecule has 0 amide bonds. The number of nitrogens with one attached hydrogen (secondary N) is 1. The third-order valence-corrected chi connectivity index (χ3v) is 3.75. The molecule has 3 atom stereocenters. The molecular formula is C13H28N2. The van der Waals surface area contributed by atoms with Crippen molar-refractivity contribution in [2.24, 2.45) is 23.5 Å². The van der Waals surface area contributed by atoms with Crippen molar-refractivity contribution in [3.8, 4) is 0 Å². The molecule has 15 heavy (non-hydrogen) atoms. The van der Waals surface area contributed by atoms with Crippen LogP contribution in [0, 0.1) is 17.8 Å². The molecule has 1 saturated carbocycles. The highest BCUT2D eigenvalue weighted by atomic mass is 15.0. The van der Waals surface area contributed by atoms with Crippen molar-refractivity contribution in [3.05, 3.63) is 0 Å². The van der Waals surface area contributed by atoms with E-state index in [1.807, 2.05) is 0 Å². The molecule has 1 fully saturated rings. The van der Waals surface area contributed by atoms with Gasteiger partial charge >= 0.3 is 0 Å². The summed E-state index contributed by atoms with van der Waals surface area (Å²) in [4.78, 5) is 0. The summed E-state index contributed by atoms with van der Waals surface area (Å²) in [6, 6.07) is 0.831. The Kier molecular flexibility index (Phi) is 5.62. The lowest BCUT2D eigenvalue weighted by molar-refractivity contribution is 0.330. The predicted molar refractivity (Wildman–Crippen MR) is 66.8 cm³/mol. The molecule has 90 valence electrons. The molecule has 0 aliphatic heterocycles. The molecule has 0 radical (unpaired) electrons. The Hall–Kier alpha value is -0.0800. The summed E-state index contributed by atoms with van der Waals surface area (Å²) in [5, 5.41) is 3.61. The average molecular weight is 212 g/mol. The Morgan fingerprint density at radius 1 is 1.33 bits per heavy atom. The Labute approximate surface area is 95.0 Å². The Bertz CT molecular complexity index is 168. The van der Waals surface area contributed by atoms with E-state index >= 15 is 0 Å². The Morgan fingerprint density at radius 3 is 2.47 bits per heavy atom. The molecule has 0 saturated heterocycles. The van der Waals surface area contributed by atoms with E-state index in [9.17, 15) is 0 Å². The van der Waals surface area contributed by atoms with Crippen molar-refractivity contribution < 1.29 is 0 Å². The van der Waals surface area contributed by atoms with Gasteiger partial charge in [-0.1, -0.05) is 20.8 Å². The van der Waals surface area contributed by atoms with Gasteiger partial charge in [0.2, 0.25) is 0 Å². The van der Waals surface area contributed by atoms with E-state index in [1.165, 1.54) is 32.2 Å². The molecule has 3 N–H and O–H groups in total. The van der Waals surface area contributed by atoms with Crippen LogP contribution in [0.2, 0.25) is 0 Å². The van der Waals surface area contributed by atoms with Gasteiger partial charge in [0.05, 0.1) is 0 Å². The molecule has 2 nitrogen and oxygen atoms in total. The summed E-state index contributed by atoms with van der Waals surface area (Å²) in [6.07, 6.45) is 5.23. The van der Waals surface area contributed by atoms with E-state index in [0.29, 0.717) is 0 Å². The van der Waals surface area contributed by atoms with E-state index in [2.05, 4.69) is 26.1 Å². The summed E-state index contributed by atoms with van der Waals surface area (Å²) >= 11 is 0. The zero-order chi connectivity index (χ0) is 11.3. The van der Waals surface area contributed by atoms with Crippen molar-refractivity contribution in [1.82, 2.24) is 5.32 Å². The topological polar surface area (TPSA) is 38.0 Å². The molecule has 0 aromatic carbocycles. The fourth-order valence-electron chi connectivity index (χ4n) is 2.28. The summed E-state index contributed by atoms with van der Waals surface area (Å²) in [5.74, 6) is 2.54. The van der Waals surface area contributed by atoms with Crippen LogP contribution in [0.15, 0.2) is 0 Å². The van der Waals surface area contributed by atoms with Crippen LogP contribution in [-0.4, -0.2) is 19.1 Å². The molecule has 0 heterocycles. The molecule has 0 aromatic heterocycles. The highest BCUT2D eigenvalue weighted by Gasteiger charge is 2.31. The van der Waals surface area contributed by atoms with E-state index in [4.69, 9.17) is 5.73 Å². The molecule has 1 rings (SSSR count). The van der Waals surface area contributed by atoms with Gasteiger partial charge in [-0.3, -0.25) is 0 Å². The van der Waals surface area contributed by atoms with E-state index < -0.39 is 0 Å². The largest absolute Gasteiger partial charge is 0.330 e. The van der Waals surface area contributed by atoms with Crippen LogP contribution in [0.1, 0.15) is 46.5 Å². The third kappa shape index (κ3) is 4.98. The summed E-state index contributed by atoms with van der Waals surface area (Å²) < 4.78 is 0. The van der Waals surface area contributed by atoms with Crippen LogP contribution in [0.5, 0.6) is 0 Å². The van der Waals surface area contributed by atoms with Crippen LogP contribution in [0.3, 0.4) is 0 Å². The minimum Gasteiger partial charge on any atom is -0.330 e. The molecule has 1 aliphatic rings. The van der Waals surface area contributed by atoms with Gasteiger partial charge in [0.25, 0.3) is 0 Å². The standard InChI is InChI=1S/C13H28N2/c1-10(2)12(6-7-14)5-4-8-15-13-9-11(13)3/h10-13,15H,4-9,14H2,1-3H3. The van der Waals surface area contributed by atoms with Crippen molar-refractivity contribution in [2.45, 2.75) is 52.5 Å². The van der Waals surface area contributed by atoms with Gasteiger partial charge in [-0.15, -0.1) is 0 Å². The van der Waals surface area contributed by atoms with Gasteiger partial charge in [0.1, 0.15) is 0 Å². The predicted octanol–water partition coefficient (Wildman–Crippen LogP) is 2.39. The maximum Gasteiger partial charge on any atom is 0.00963 e. The first-order valence-corrected chi connectivity index (χ1v) is 6.58. The zero-order valence-corrected chi connectivity index (χ0v) is 10.6. The summed E-state index contributed by atoms with van der Waals surface area (Å²) in [5.41, 5.74) is 5.63. The molecular weight excluding hydrogens is 184 g/mol. The van der Waals surface area contributed by atoms with Crippen LogP contribution < -0.4 is 11.1 Å². The number of hydrogen-bond donors (Lipinski definition) is 2. The fraction of sp³-hybridized carbons (Fsp3) is 1.00. The highest BCUT2D eigenvalue weighted by molar-refractivity contribution is 4.89. The fourth-order valence-corrected chi connectivity index (χ4v) is 2.28. The lowest BCUT2D eigenvalue weighted by Gasteiger charge is -2.20. The zero-order valence-electron chi connectivity index (χ0n) is 10.6. The first kappa shape index (κ1) is 13.0. The molecule has 2 heteroatoms. The van der Waals surface area contributed by atoms with Crippen LogP contribution in [0.4, 0.5) is 0 Å². The number of nitrogens with two attached hydrogens (primary N) is 1. The van der Waals surface area contributed by atoms with Crippen molar-refractivity contribution >= 4 is 0 Å². The number of hydrogen-bond acceptors (Lipinski definition) is 2. The second-order valence-electron chi connectivity index (χ2n) is 5.50. The summed E-state index contributed by atoms with van der Waals surface area (Å²) in [6.45, 7) is 9.00. The van der Waals surface area contributed by atoms with Gasteiger partial charge < -0.3 is 11.1 Å². The lowest BCUT2D eigenvalue weighted by Crippen LogP contribution is -2.21. The average Bonchev–Trinajstić information content (AvgIpc) is 2.87. The van der Waals surface area contributed by atoms with E-state index in [0.717, 1.165) is 30.3 Å². The number of rotatable bonds is 8. The van der Waals surface area contributed by atoms with Gasteiger partial charge in [0, 0.05) is 6.04 Å². The van der Waals surface area contributed by atoms with Gasteiger partial charge in [-0.2, -0.15) is 0 Å². The van der Waals surface area contributed by atoms with Crippen LogP contribution in [0.25, 0.3) is 0 Å². The SMILES string of the molecule is CC(C)C(CCN)CCCNC1CC1C. The van der Waals surface area contributed by atoms with Crippen LogP contribution in [-0.2, 0) is 0 Å². The molecule has 0 spiro atoms. The van der Waals surface area contributed by atoms with Gasteiger partial charge in [0.15, 0.2) is 0 Å². The second kappa shape index (κ2) is 6.49. The normalized spacial score (nSPS) is 27.0.